The van der Waals surface area contributed by atoms with Gasteiger partial charge in [-0.25, -0.2) is 0 Å². The minimum absolute atomic E-state index is 0.575. The number of rotatable bonds is 7. The quantitative estimate of drug-likeness (QED) is 0.450. The van der Waals surface area contributed by atoms with E-state index in [0.29, 0.717) is 6.61 Å². The van der Waals surface area contributed by atoms with Gasteiger partial charge in [0.25, 0.3) is 0 Å². The summed E-state index contributed by atoms with van der Waals surface area (Å²) in [5.41, 5.74) is 3.46. The first-order valence-electron chi connectivity index (χ1n) is 9.31. The fourth-order valence-corrected chi connectivity index (χ4v) is 3.24. The van der Waals surface area contributed by atoms with Crippen molar-refractivity contribution in [1.29, 1.82) is 0 Å². The van der Waals surface area contributed by atoms with E-state index in [0.717, 1.165) is 35.3 Å². The van der Waals surface area contributed by atoms with Gasteiger partial charge in [0.05, 0.1) is 11.2 Å². The van der Waals surface area contributed by atoms with Gasteiger partial charge in [0, 0.05) is 30.5 Å². The van der Waals surface area contributed by atoms with Crippen LogP contribution in [-0.4, -0.2) is 16.2 Å². The molecule has 2 aromatic heterocycles. The predicted molar refractivity (Wildman–Crippen MR) is 110 cm³/mol. The second kappa shape index (κ2) is 7.96. The van der Waals surface area contributed by atoms with Crippen molar-refractivity contribution in [2.45, 2.75) is 20.0 Å². The molecule has 2 heterocycles. The van der Waals surface area contributed by atoms with Crippen molar-refractivity contribution in [3.8, 4) is 5.75 Å². The van der Waals surface area contributed by atoms with Crippen LogP contribution in [0.2, 0.25) is 0 Å². The highest BCUT2D eigenvalue weighted by atomic mass is 16.5. The highest BCUT2D eigenvalue weighted by molar-refractivity contribution is 5.82. The topological polar surface area (TPSA) is 30.3 Å². The molecule has 0 N–H and O–H groups in total. The number of aromatic nitrogens is 2. The summed E-state index contributed by atoms with van der Waals surface area (Å²) in [6, 6.07) is 22.7. The van der Waals surface area contributed by atoms with Gasteiger partial charge in [-0.3, -0.25) is 14.7 Å². The summed E-state index contributed by atoms with van der Waals surface area (Å²) in [5, 5.41) is 3.44. The van der Waals surface area contributed by atoms with Crippen LogP contribution in [0, 0.1) is 0 Å². The number of hydrogen-bond donors (Lipinski definition) is 0. The smallest absolute Gasteiger partial charge is 0.120 e. The Morgan fingerprint density at radius 1 is 0.963 bits per heavy atom. The molecule has 2 aromatic carbocycles. The summed E-state index contributed by atoms with van der Waals surface area (Å²) in [4.78, 5) is 4.14. The molecule has 0 spiro atoms. The lowest BCUT2D eigenvalue weighted by atomic mass is 10.2. The predicted octanol–water partition coefficient (Wildman–Crippen LogP) is 5.30. The first kappa shape index (κ1) is 17.2. The molecule has 27 heavy (non-hydrogen) atoms. The van der Waals surface area contributed by atoms with Gasteiger partial charge < -0.3 is 4.74 Å². The van der Waals surface area contributed by atoms with E-state index in [1.807, 2.05) is 48.8 Å². The van der Waals surface area contributed by atoms with Crippen molar-refractivity contribution < 1.29 is 4.74 Å². The third-order valence-corrected chi connectivity index (χ3v) is 4.55. The van der Waals surface area contributed by atoms with Gasteiger partial charge in [-0.15, -0.1) is 0 Å². The lowest BCUT2D eigenvalue weighted by Crippen LogP contribution is -2.29. The molecule has 4 aromatic rings. The number of pyridine rings is 1. The molecule has 0 atom stereocenters. The van der Waals surface area contributed by atoms with Gasteiger partial charge in [-0.2, -0.15) is 0 Å². The molecule has 0 bridgehead atoms. The Hall–Kier alpha value is -3.27. The zero-order valence-corrected chi connectivity index (χ0v) is 15.5. The number of ether oxygens (including phenoxy) is 1. The van der Waals surface area contributed by atoms with E-state index in [1.54, 1.807) is 0 Å². The zero-order valence-electron chi connectivity index (χ0n) is 15.5. The summed E-state index contributed by atoms with van der Waals surface area (Å²) in [5.74, 6) is 0.884. The van der Waals surface area contributed by atoms with Crippen molar-refractivity contribution in [2.24, 2.45) is 0 Å². The van der Waals surface area contributed by atoms with E-state index >= 15 is 0 Å². The standard InChI is InChI=1S/C23H23N3O/c1-2-15-25(21-10-13-24-14-11-21)26-16-12-20-17-22(8-9-23(20)26)27-18-19-6-4-3-5-7-19/h3-14,16-17H,2,15,18H2,1H3. The van der Waals surface area contributed by atoms with Crippen molar-refractivity contribution >= 4 is 16.6 Å². The molecule has 4 nitrogen and oxygen atoms in total. The molecule has 0 radical (unpaired) electrons. The van der Waals surface area contributed by atoms with E-state index < -0.39 is 0 Å². The number of hydrogen-bond acceptors (Lipinski definition) is 3. The molecule has 0 saturated carbocycles. The molecular formula is C23H23N3O. The average Bonchev–Trinajstić information content (AvgIpc) is 3.15. The first-order valence-corrected chi connectivity index (χ1v) is 9.31. The van der Waals surface area contributed by atoms with Crippen molar-refractivity contribution in [3.05, 3.63) is 90.9 Å². The van der Waals surface area contributed by atoms with Crippen LogP contribution in [0.25, 0.3) is 10.9 Å². The third-order valence-electron chi connectivity index (χ3n) is 4.55. The van der Waals surface area contributed by atoms with Crippen molar-refractivity contribution in [3.63, 3.8) is 0 Å². The second-order valence-corrected chi connectivity index (χ2v) is 6.48. The Morgan fingerprint density at radius 2 is 1.78 bits per heavy atom. The molecule has 0 aliphatic rings. The van der Waals surface area contributed by atoms with E-state index in [9.17, 15) is 0 Å². The van der Waals surface area contributed by atoms with Crippen molar-refractivity contribution in [2.75, 3.05) is 11.6 Å². The summed E-state index contributed by atoms with van der Waals surface area (Å²) in [7, 11) is 0. The second-order valence-electron chi connectivity index (χ2n) is 6.48. The molecule has 136 valence electrons. The Morgan fingerprint density at radius 3 is 2.56 bits per heavy atom. The van der Waals surface area contributed by atoms with E-state index in [1.165, 1.54) is 5.56 Å². The van der Waals surface area contributed by atoms with Crippen LogP contribution >= 0.6 is 0 Å². The number of benzene rings is 2. The van der Waals surface area contributed by atoms with Gasteiger partial charge in [0.15, 0.2) is 0 Å². The normalized spacial score (nSPS) is 10.9. The minimum atomic E-state index is 0.575. The minimum Gasteiger partial charge on any atom is -0.489 e. The molecule has 4 heteroatoms. The molecule has 0 aliphatic heterocycles. The largest absolute Gasteiger partial charge is 0.489 e. The molecule has 0 amide bonds. The SMILES string of the molecule is CCCN(c1ccncc1)n1ccc2cc(OCc3ccccc3)ccc21. The summed E-state index contributed by atoms with van der Waals surface area (Å²) >= 11 is 0. The van der Waals surface area contributed by atoms with Crippen LogP contribution < -0.4 is 9.75 Å². The Labute approximate surface area is 159 Å². The molecule has 0 unspecified atom stereocenters. The van der Waals surface area contributed by atoms with Crippen LogP contribution in [0.3, 0.4) is 0 Å². The van der Waals surface area contributed by atoms with Gasteiger partial charge >= 0.3 is 0 Å². The van der Waals surface area contributed by atoms with Gasteiger partial charge in [-0.1, -0.05) is 37.3 Å². The summed E-state index contributed by atoms with van der Waals surface area (Å²) < 4.78 is 8.17. The maximum absolute atomic E-state index is 5.97. The van der Waals surface area contributed by atoms with Crippen molar-refractivity contribution in [1.82, 2.24) is 9.66 Å². The Balaban J connectivity index is 1.60. The van der Waals surface area contributed by atoms with Crippen LogP contribution in [0.5, 0.6) is 5.75 Å². The number of fused-ring (bicyclic) bond motifs is 1. The lowest BCUT2D eigenvalue weighted by molar-refractivity contribution is 0.306. The summed E-state index contributed by atoms with van der Waals surface area (Å²) in [6.07, 6.45) is 6.83. The third kappa shape index (κ3) is 3.80. The number of anilines is 1. The molecule has 0 fully saturated rings. The van der Waals surface area contributed by atoms with Crippen LogP contribution in [-0.2, 0) is 6.61 Å². The summed E-state index contributed by atoms with van der Waals surface area (Å²) in [6.45, 7) is 3.70. The highest BCUT2D eigenvalue weighted by Crippen LogP contribution is 2.25. The molecule has 0 aliphatic carbocycles. The maximum Gasteiger partial charge on any atom is 0.120 e. The Kier molecular flexibility index (Phi) is 5.06. The van der Waals surface area contributed by atoms with E-state index in [2.05, 4.69) is 58.1 Å². The maximum atomic E-state index is 5.97. The highest BCUT2D eigenvalue weighted by Gasteiger charge is 2.11. The molecular weight excluding hydrogens is 334 g/mol. The lowest BCUT2D eigenvalue weighted by Gasteiger charge is -2.26. The molecule has 4 rings (SSSR count). The average molecular weight is 357 g/mol. The van der Waals surface area contributed by atoms with Gasteiger partial charge in [-0.05, 0) is 48.4 Å². The Bertz CT molecular complexity index is 996. The van der Waals surface area contributed by atoms with Gasteiger partial charge in [0.1, 0.15) is 12.4 Å². The van der Waals surface area contributed by atoms with Crippen LogP contribution in [0.15, 0.2) is 85.3 Å². The van der Waals surface area contributed by atoms with Crippen LogP contribution in [0.4, 0.5) is 5.69 Å². The zero-order chi connectivity index (χ0) is 18.5. The number of nitrogens with zero attached hydrogens (tertiary/aromatic N) is 3. The van der Waals surface area contributed by atoms with Gasteiger partial charge in [0.2, 0.25) is 0 Å². The monoisotopic (exact) mass is 357 g/mol. The van der Waals surface area contributed by atoms with E-state index in [-0.39, 0.29) is 0 Å². The molecule has 0 saturated heterocycles. The first-order chi connectivity index (χ1) is 13.3. The van der Waals surface area contributed by atoms with Crippen LogP contribution in [0.1, 0.15) is 18.9 Å². The van der Waals surface area contributed by atoms with E-state index in [4.69, 9.17) is 4.74 Å². The fourth-order valence-electron chi connectivity index (χ4n) is 3.24. The fraction of sp³-hybridized carbons (Fsp3) is 0.174.